The van der Waals surface area contributed by atoms with Gasteiger partial charge in [0.2, 0.25) is 0 Å². The molecule has 0 aliphatic heterocycles. The summed E-state index contributed by atoms with van der Waals surface area (Å²) in [7, 11) is 0. The van der Waals surface area contributed by atoms with Crippen LogP contribution in [-0.2, 0) is 25.8 Å². The fraction of sp³-hybridized carbons (Fsp3) is 0. The van der Waals surface area contributed by atoms with Crippen LogP contribution in [0.5, 0.6) is 0 Å². The van der Waals surface area contributed by atoms with Crippen molar-refractivity contribution in [2.75, 3.05) is 0 Å². The van der Waals surface area contributed by atoms with Gasteiger partial charge in [-0.1, -0.05) is 199 Å². The van der Waals surface area contributed by atoms with Gasteiger partial charge in [-0.15, -0.1) is 0 Å². The van der Waals surface area contributed by atoms with Gasteiger partial charge in [0.1, 0.15) is 0 Å². The maximum Gasteiger partial charge on any atom is 4.00 e. The number of hydrogen-bond acceptors (Lipinski definition) is 6. The third-order valence-corrected chi connectivity index (χ3v) is 7.14. The number of carbonyl (C=O) groups is 3. The molecule has 0 N–H and O–H groups in total. The Hall–Kier alpha value is -5.89. The van der Waals surface area contributed by atoms with Gasteiger partial charge >= 0.3 is 25.8 Å². The van der Waals surface area contributed by atoms with E-state index < -0.39 is 0 Å². The quantitative estimate of drug-likeness (QED) is 0.0944. The van der Waals surface area contributed by atoms with E-state index in [1.165, 1.54) is 0 Å². The summed E-state index contributed by atoms with van der Waals surface area (Å²) in [5.74, 6) is -1.59. The van der Waals surface area contributed by atoms with Crippen LogP contribution in [0.15, 0.2) is 200 Å². The standard InChI is InChI=1S/3C15H12O2.ClH.Hf/c3*16-14(12-7-3-1-4-8-12)11-15(17)13-9-5-2-6-10-13;;/h3*1-11,16H;1H;/q;;;;+4/p-4/b3*14-11-;;. The molecular weight excluding hydrogens is 850 g/mol. The van der Waals surface area contributed by atoms with Gasteiger partial charge in [-0.2, -0.15) is 0 Å². The summed E-state index contributed by atoms with van der Waals surface area (Å²) in [5, 5.41) is 35.3. The average Bonchev–Trinajstić information content (AvgIpc) is 3.20. The topological polar surface area (TPSA) is 120 Å². The van der Waals surface area contributed by atoms with Crippen molar-refractivity contribution in [2.45, 2.75) is 0 Å². The minimum Gasteiger partial charge on any atom is -1.00 e. The van der Waals surface area contributed by atoms with Gasteiger partial charge < -0.3 is 27.7 Å². The predicted octanol–water partition coefficient (Wildman–Crippen LogP) is 3.81. The molecule has 53 heavy (non-hydrogen) atoms. The molecule has 0 saturated heterocycles. The summed E-state index contributed by atoms with van der Waals surface area (Å²) in [4.78, 5) is 35.3. The van der Waals surface area contributed by atoms with Crippen molar-refractivity contribution in [1.29, 1.82) is 0 Å². The van der Waals surface area contributed by atoms with Gasteiger partial charge in [0.15, 0.2) is 17.3 Å². The zero-order valence-electron chi connectivity index (χ0n) is 28.4. The molecule has 0 heterocycles. The van der Waals surface area contributed by atoms with Crippen molar-refractivity contribution < 1.29 is 68.0 Å². The summed E-state index contributed by atoms with van der Waals surface area (Å²) < 4.78 is 0. The normalized spacial score (nSPS) is 10.8. The molecule has 0 atom stereocenters. The van der Waals surface area contributed by atoms with Crippen LogP contribution in [0.3, 0.4) is 0 Å². The van der Waals surface area contributed by atoms with E-state index >= 15 is 0 Å². The molecule has 0 saturated carbocycles. The number of halogens is 1. The Bertz CT molecular complexity index is 1840. The molecule has 0 spiro atoms. The smallest absolute Gasteiger partial charge is 1.00 e. The Morgan fingerprint density at radius 2 is 0.453 bits per heavy atom. The molecule has 0 unspecified atom stereocenters. The molecule has 260 valence electrons. The number of carbonyl (C=O) groups excluding carboxylic acids is 3. The maximum atomic E-state index is 11.8. The second-order valence-corrected chi connectivity index (χ2v) is 10.8. The maximum absolute atomic E-state index is 11.8. The Balaban J connectivity index is 0.000000270. The predicted molar refractivity (Wildman–Crippen MR) is 196 cm³/mol. The first-order valence-corrected chi connectivity index (χ1v) is 15.9. The van der Waals surface area contributed by atoms with Crippen LogP contribution in [0, 0.1) is 0 Å². The number of rotatable bonds is 9. The molecule has 6 rings (SSSR count). The van der Waals surface area contributed by atoms with Gasteiger partial charge in [-0.25, -0.2) is 0 Å². The summed E-state index contributed by atoms with van der Waals surface area (Å²) in [6.07, 6.45) is 3.39. The first-order chi connectivity index (χ1) is 24.8. The molecule has 6 aromatic carbocycles. The minimum absolute atomic E-state index is 0. The van der Waals surface area contributed by atoms with Crippen molar-refractivity contribution >= 4 is 34.6 Å². The minimum atomic E-state index is -0.264. The van der Waals surface area contributed by atoms with Gasteiger partial charge in [0.25, 0.3) is 0 Å². The molecular formula is C45H33ClHfO6. The molecule has 0 fully saturated rings. The third-order valence-electron chi connectivity index (χ3n) is 7.14. The molecule has 0 aliphatic rings. The third kappa shape index (κ3) is 14.7. The Morgan fingerprint density at radius 1 is 0.302 bits per heavy atom. The average molecular weight is 884 g/mol. The van der Waals surface area contributed by atoms with Crippen LogP contribution in [0.25, 0.3) is 17.3 Å². The largest absolute Gasteiger partial charge is 4.00 e. The van der Waals surface area contributed by atoms with Crippen LogP contribution < -0.4 is 27.7 Å². The van der Waals surface area contributed by atoms with E-state index in [0.717, 1.165) is 18.2 Å². The number of benzene rings is 6. The van der Waals surface area contributed by atoms with Crippen molar-refractivity contribution in [3.63, 3.8) is 0 Å². The SMILES string of the molecule is O=C(/C=C(\[O-])c1ccccc1)c1ccccc1.O=C(/C=C(\[O-])c1ccccc1)c1ccccc1.O=C(/C=C(\[O-])c1ccccc1)c1ccccc1.[Cl-].[Hf+4]. The van der Waals surface area contributed by atoms with Gasteiger partial charge in [0.05, 0.1) is 0 Å². The second kappa shape index (κ2) is 23.6. The molecule has 0 radical (unpaired) electrons. The first kappa shape index (κ1) is 43.3. The van der Waals surface area contributed by atoms with Crippen LogP contribution in [0.2, 0.25) is 0 Å². The first-order valence-electron chi connectivity index (χ1n) is 15.9. The van der Waals surface area contributed by atoms with Crippen molar-refractivity contribution in [3.05, 3.63) is 234 Å². The number of hydrogen-bond donors (Lipinski definition) is 0. The molecule has 6 aromatic rings. The molecule has 0 aromatic heterocycles. The van der Waals surface area contributed by atoms with E-state index in [9.17, 15) is 29.7 Å². The van der Waals surface area contributed by atoms with E-state index in [0.29, 0.717) is 33.4 Å². The van der Waals surface area contributed by atoms with Crippen molar-refractivity contribution in [1.82, 2.24) is 0 Å². The van der Waals surface area contributed by atoms with E-state index in [4.69, 9.17) is 0 Å². The van der Waals surface area contributed by atoms with Crippen molar-refractivity contribution in [3.8, 4) is 0 Å². The number of allylic oxidation sites excluding steroid dienone is 3. The van der Waals surface area contributed by atoms with E-state index in [1.54, 1.807) is 146 Å². The monoisotopic (exact) mass is 884 g/mol. The summed E-state index contributed by atoms with van der Waals surface area (Å²) >= 11 is 0. The van der Waals surface area contributed by atoms with Crippen LogP contribution in [-0.4, -0.2) is 17.3 Å². The fourth-order valence-corrected chi connectivity index (χ4v) is 4.47. The van der Waals surface area contributed by atoms with E-state index in [-0.39, 0.29) is 72.9 Å². The van der Waals surface area contributed by atoms with Gasteiger partial charge in [0, 0.05) is 16.7 Å². The fourth-order valence-electron chi connectivity index (χ4n) is 4.47. The second-order valence-electron chi connectivity index (χ2n) is 10.8. The zero-order chi connectivity index (χ0) is 36.3. The summed E-state index contributed by atoms with van der Waals surface area (Å²) in [6.45, 7) is 0. The zero-order valence-corrected chi connectivity index (χ0v) is 32.7. The van der Waals surface area contributed by atoms with Crippen LogP contribution in [0.4, 0.5) is 0 Å². The Morgan fingerprint density at radius 3 is 0.623 bits per heavy atom. The summed E-state index contributed by atoms with van der Waals surface area (Å²) in [5.41, 5.74) is 3.15. The summed E-state index contributed by atoms with van der Waals surface area (Å²) in [6, 6.07) is 52.5. The molecule has 0 aliphatic carbocycles. The molecule has 0 bridgehead atoms. The molecule has 0 amide bonds. The van der Waals surface area contributed by atoms with E-state index in [1.807, 2.05) is 36.4 Å². The Labute approximate surface area is 334 Å². The molecule has 6 nitrogen and oxygen atoms in total. The van der Waals surface area contributed by atoms with E-state index in [2.05, 4.69) is 0 Å². The van der Waals surface area contributed by atoms with Gasteiger partial charge in [-0.3, -0.25) is 14.4 Å². The van der Waals surface area contributed by atoms with Crippen molar-refractivity contribution in [2.24, 2.45) is 0 Å². The van der Waals surface area contributed by atoms with Crippen LogP contribution in [0.1, 0.15) is 47.8 Å². The van der Waals surface area contributed by atoms with Gasteiger partial charge in [-0.05, 0) is 34.9 Å². The Kier molecular flexibility index (Phi) is 19.2. The number of ketones is 3. The van der Waals surface area contributed by atoms with Crippen LogP contribution >= 0.6 is 0 Å². The molecule has 8 heteroatoms.